The number of amides is 1. The van der Waals surface area contributed by atoms with Crippen molar-refractivity contribution in [2.45, 2.75) is 39.0 Å². The second kappa shape index (κ2) is 7.72. The van der Waals surface area contributed by atoms with Crippen molar-refractivity contribution in [2.24, 2.45) is 5.73 Å². The van der Waals surface area contributed by atoms with Crippen molar-refractivity contribution in [2.75, 3.05) is 26.2 Å². The van der Waals surface area contributed by atoms with Crippen LogP contribution >= 0.6 is 0 Å². The van der Waals surface area contributed by atoms with Gasteiger partial charge in [-0.25, -0.2) is 0 Å². The smallest absolute Gasteiger partial charge is 0.253 e. The van der Waals surface area contributed by atoms with Crippen molar-refractivity contribution < 1.29 is 9.90 Å². The molecule has 0 radical (unpaired) electrons. The number of hydrogen-bond donors (Lipinski definition) is 2. The highest BCUT2D eigenvalue weighted by atomic mass is 16.3. The Balaban J connectivity index is 2.02. The van der Waals surface area contributed by atoms with E-state index >= 15 is 0 Å². The van der Waals surface area contributed by atoms with E-state index in [1.807, 2.05) is 36.1 Å². The van der Waals surface area contributed by atoms with E-state index < -0.39 is 0 Å². The van der Waals surface area contributed by atoms with Crippen LogP contribution in [0.1, 0.15) is 36.2 Å². The van der Waals surface area contributed by atoms with Crippen molar-refractivity contribution in [1.29, 1.82) is 0 Å². The molecule has 1 aliphatic rings. The predicted octanol–water partition coefficient (Wildman–Crippen LogP) is 1.06. The van der Waals surface area contributed by atoms with Crippen LogP contribution in [0.2, 0.25) is 0 Å². The van der Waals surface area contributed by atoms with Crippen LogP contribution in [0.3, 0.4) is 0 Å². The van der Waals surface area contributed by atoms with E-state index in [1.165, 1.54) is 0 Å². The molecule has 1 saturated heterocycles. The Morgan fingerprint density at radius 2 is 2.05 bits per heavy atom. The fraction of sp³-hybridized carbons (Fsp3) is 0.588. The van der Waals surface area contributed by atoms with Gasteiger partial charge >= 0.3 is 0 Å². The van der Waals surface area contributed by atoms with Gasteiger partial charge in [-0.1, -0.05) is 19.1 Å². The maximum absolute atomic E-state index is 12.6. The third-order valence-corrected chi connectivity index (χ3v) is 4.30. The van der Waals surface area contributed by atoms with Crippen molar-refractivity contribution >= 4 is 5.91 Å². The standard InChI is InChI=1S/C17H27N3O2/c1-3-16-12-20(9-8-19(16)11-13(2)21)17(22)15-6-4-14(10-18)5-7-15/h4-7,13,16,21H,3,8-12,18H2,1-2H3. The molecule has 0 aliphatic carbocycles. The molecule has 0 bridgehead atoms. The summed E-state index contributed by atoms with van der Waals surface area (Å²) < 4.78 is 0. The minimum absolute atomic E-state index is 0.0821. The largest absolute Gasteiger partial charge is 0.392 e. The monoisotopic (exact) mass is 305 g/mol. The maximum Gasteiger partial charge on any atom is 0.253 e. The highest BCUT2D eigenvalue weighted by Crippen LogP contribution is 2.16. The predicted molar refractivity (Wildman–Crippen MR) is 87.6 cm³/mol. The lowest BCUT2D eigenvalue weighted by atomic mass is 10.1. The van der Waals surface area contributed by atoms with Gasteiger partial charge in [-0.15, -0.1) is 0 Å². The first-order valence-electron chi connectivity index (χ1n) is 8.05. The van der Waals surface area contributed by atoms with E-state index in [-0.39, 0.29) is 12.0 Å². The summed E-state index contributed by atoms with van der Waals surface area (Å²) in [6.45, 7) is 7.35. The number of nitrogens with two attached hydrogens (primary N) is 1. The zero-order valence-electron chi connectivity index (χ0n) is 13.5. The average molecular weight is 305 g/mol. The van der Waals surface area contributed by atoms with Gasteiger partial charge in [0.05, 0.1) is 6.10 Å². The van der Waals surface area contributed by atoms with E-state index in [9.17, 15) is 9.90 Å². The number of piperazine rings is 1. The van der Waals surface area contributed by atoms with Gasteiger partial charge in [0.2, 0.25) is 0 Å². The lowest BCUT2D eigenvalue weighted by Gasteiger charge is -2.41. The van der Waals surface area contributed by atoms with Gasteiger partial charge in [0.1, 0.15) is 0 Å². The lowest BCUT2D eigenvalue weighted by molar-refractivity contribution is 0.0310. The average Bonchev–Trinajstić information content (AvgIpc) is 2.54. The van der Waals surface area contributed by atoms with Gasteiger partial charge in [-0.2, -0.15) is 0 Å². The van der Waals surface area contributed by atoms with Gasteiger partial charge in [-0.3, -0.25) is 9.69 Å². The van der Waals surface area contributed by atoms with Crippen molar-refractivity contribution in [3.05, 3.63) is 35.4 Å². The molecule has 2 atom stereocenters. The Labute approximate surface area is 132 Å². The van der Waals surface area contributed by atoms with Gasteiger partial charge < -0.3 is 15.7 Å². The van der Waals surface area contributed by atoms with Gasteiger partial charge in [0.15, 0.2) is 0 Å². The van der Waals surface area contributed by atoms with Crippen molar-refractivity contribution in [3.63, 3.8) is 0 Å². The first-order chi connectivity index (χ1) is 10.5. The van der Waals surface area contributed by atoms with Gasteiger partial charge in [-0.05, 0) is 31.0 Å². The van der Waals surface area contributed by atoms with Crippen LogP contribution in [0, 0.1) is 0 Å². The summed E-state index contributed by atoms with van der Waals surface area (Å²) >= 11 is 0. The Morgan fingerprint density at radius 3 is 2.59 bits per heavy atom. The zero-order valence-corrected chi connectivity index (χ0v) is 13.5. The molecule has 0 spiro atoms. The summed E-state index contributed by atoms with van der Waals surface area (Å²) in [5.74, 6) is 0.0821. The van der Waals surface area contributed by atoms with E-state index in [2.05, 4.69) is 11.8 Å². The molecule has 5 nitrogen and oxygen atoms in total. The molecule has 1 aromatic rings. The quantitative estimate of drug-likeness (QED) is 0.853. The molecule has 2 unspecified atom stereocenters. The second-order valence-corrected chi connectivity index (χ2v) is 6.06. The third kappa shape index (κ3) is 4.06. The lowest BCUT2D eigenvalue weighted by Crippen LogP contribution is -2.55. The van der Waals surface area contributed by atoms with E-state index in [4.69, 9.17) is 5.73 Å². The van der Waals surface area contributed by atoms with Gasteiger partial charge in [0, 0.05) is 44.3 Å². The molecule has 5 heteroatoms. The Kier molecular flexibility index (Phi) is 5.94. The molecular weight excluding hydrogens is 278 g/mol. The summed E-state index contributed by atoms with van der Waals surface area (Å²) in [4.78, 5) is 16.8. The SMILES string of the molecule is CCC1CN(C(=O)c2ccc(CN)cc2)CCN1CC(C)O. The van der Waals surface area contributed by atoms with Crippen LogP contribution < -0.4 is 5.73 Å². The number of carbonyl (C=O) groups excluding carboxylic acids is 1. The molecule has 1 amide bonds. The number of aliphatic hydroxyl groups is 1. The normalized spacial score (nSPS) is 20.9. The molecule has 1 aliphatic heterocycles. The van der Waals surface area contributed by atoms with Crippen LogP contribution in [0.15, 0.2) is 24.3 Å². The number of benzene rings is 1. The highest BCUT2D eigenvalue weighted by Gasteiger charge is 2.29. The first-order valence-corrected chi connectivity index (χ1v) is 8.05. The summed E-state index contributed by atoms with van der Waals surface area (Å²) in [7, 11) is 0. The van der Waals surface area contributed by atoms with E-state index in [0.717, 1.165) is 30.6 Å². The summed E-state index contributed by atoms with van der Waals surface area (Å²) in [6.07, 6.45) is 0.642. The van der Waals surface area contributed by atoms with Crippen molar-refractivity contribution in [1.82, 2.24) is 9.80 Å². The Bertz CT molecular complexity index is 487. The second-order valence-electron chi connectivity index (χ2n) is 6.06. The minimum Gasteiger partial charge on any atom is -0.392 e. The summed E-state index contributed by atoms with van der Waals surface area (Å²) in [6, 6.07) is 7.85. The van der Waals surface area contributed by atoms with Crippen LogP contribution in [-0.4, -0.2) is 59.1 Å². The first kappa shape index (κ1) is 16.9. The molecule has 1 fully saturated rings. The molecule has 2 rings (SSSR count). The molecular formula is C17H27N3O2. The maximum atomic E-state index is 12.6. The van der Waals surface area contributed by atoms with Crippen LogP contribution in [0.4, 0.5) is 0 Å². The molecule has 0 saturated carbocycles. The topological polar surface area (TPSA) is 69.8 Å². The summed E-state index contributed by atoms with van der Waals surface area (Å²) in [5, 5.41) is 9.59. The fourth-order valence-electron chi connectivity index (χ4n) is 3.01. The van der Waals surface area contributed by atoms with E-state index in [1.54, 1.807) is 0 Å². The molecule has 0 aromatic heterocycles. The minimum atomic E-state index is -0.333. The molecule has 1 heterocycles. The number of hydrogen-bond acceptors (Lipinski definition) is 4. The summed E-state index contributed by atoms with van der Waals surface area (Å²) in [5.41, 5.74) is 7.34. The number of nitrogens with zero attached hydrogens (tertiary/aromatic N) is 2. The Hall–Kier alpha value is -1.43. The molecule has 122 valence electrons. The third-order valence-electron chi connectivity index (χ3n) is 4.30. The molecule has 1 aromatic carbocycles. The van der Waals surface area contributed by atoms with Crippen LogP contribution in [-0.2, 0) is 6.54 Å². The number of β-amino-alcohol motifs (C(OH)–C–C–N with tert-alkyl or cyclic N) is 1. The Morgan fingerprint density at radius 1 is 1.36 bits per heavy atom. The van der Waals surface area contributed by atoms with Crippen molar-refractivity contribution in [3.8, 4) is 0 Å². The van der Waals surface area contributed by atoms with Crippen LogP contribution in [0.5, 0.6) is 0 Å². The number of rotatable bonds is 5. The highest BCUT2D eigenvalue weighted by molar-refractivity contribution is 5.94. The zero-order chi connectivity index (χ0) is 16.1. The van der Waals surface area contributed by atoms with Crippen LogP contribution in [0.25, 0.3) is 0 Å². The molecule has 22 heavy (non-hydrogen) atoms. The van der Waals surface area contributed by atoms with E-state index in [0.29, 0.717) is 25.7 Å². The van der Waals surface area contributed by atoms with Gasteiger partial charge in [0.25, 0.3) is 5.91 Å². The number of aliphatic hydroxyl groups excluding tert-OH is 1. The fourth-order valence-corrected chi connectivity index (χ4v) is 3.01. The number of carbonyl (C=O) groups is 1. The molecule has 3 N–H and O–H groups in total.